The van der Waals surface area contributed by atoms with Crippen molar-refractivity contribution >= 4 is 17.4 Å². The lowest BCUT2D eigenvalue weighted by Gasteiger charge is -2.29. The summed E-state index contributed by atoms with van der Waals surface area (Å²) in [6.45, 7) is 3.58. The van der Waals surface area contributed by atoms with E-state index in [2.05, 4.69) is 16.0 Å². The van der Waals surface area contributed by atoms with Gasteiger partial charge in [-0.25, -0.2) is 4.98 Å². The minimum atomic E-state index is -0.0240. The number of aromatic nitrogens is 2. The Kier molecular flexibility index (Phi) is 5.93. The molecule has 156 valence electrons. The Morgan fingerprint density at radius 1 is 1.20 bits per heavy atom. The highest BCUT2D eigenvalue weighted by atomic mass is 35.5. The first kappa shape index (κ1) is 20.6. The zero-order chi connectivity index (χ0) is 21.3. The lowest BCUT2D eigenvalue weighted by molar-refractivity contribution is 0.180. The fourth-order valence-electron chi connectivity index (χ4n) is 4.34. The molecule has 0 radical (unpaired) electrons. The zero-order valence-corrected chi connectivity index (χ0v) is 18.3. The van der Waals surface area contributed by atoms with E-state index >= 15 is 0 Å². The number of rotatable bonds is 5. The van der Waals surface area contributed by atoms with Gasteiger partial charge in [-0.05, 0) is 54.7 Å². The molecule has 1 fully saturated rings. The van der Waals surface area contributed by atoms with Crippen molar-refractivity contribution in [3.05, 3.63) is 69.7 Å². The van der Waals surface area contributed by atoms with E-state index in [4.69, 9.17) is 16.3 Å². The Morgan fingerprint density at radius 2 is 2.03 bits per heavy atom. The Balaban J connectivity index is 1.97. The van der Waals surface area contributed by atoms with Gasteiger partial charge in [-0.15, -0.1) is 0 Å². The summed E-state index contributed by atoms with van der Waals surface area (Å²) in [4.78, 5) is 20.1. The third-order valence-electron chi connectivity index (χ3n) is 5.78. The van der Waals surface area contributed by atoms with Crippen molar-refractivity contribution < 1.29 is 4.74 Å². The lowest BCUT2D eigenvalue weighted by atomic mass is 9.95. The van der Waals surface area contributed by atoms with Crippen LogP contribution in [0.5, 0.6) is 0 Å². The van der Waals surface area contributed by atoms with E-state index in [1.165, 1.54) is 0 Å². The summed E-state index contributed by atoms with van der Waals surface area (Å²) in [7, 11) is 3.57. The summed E-state index contributed by atoms with van der Waals surface area (Å²) in [6.07, 6.45) is 3.81. The number of hydrogen-bond donors (Lipinski definition) is 0. The molecule has 1 atom stereocenters. The molecule has 3 aromatic rings. The van der Waals surface area contributed by atoms with Crippen LogP contribution in [0.2, 0.25) is 5.15 Å². The number of aryl methyl sites for hydroxylation is 1. The molecule has 0 bridgehead atoms. The van der Waals surface area contributed by atoms with Crippen LogP contribution in [0.3, 0.4) is 0 Å². The summed E-state index contributed by atoms with van der Waals surface area (Å²) >= 11 is 6.20. The molecular formula is C24H26ClN3O2. The van der Waals surface area contributed by atoms with Crippen LogP contribution in [0.4, 0.5) is 5.82 Å². The van der Waals surface area contributed by atoms with Gasteiger partial charge in [0.25, 0.3) is 5.56 Å². The molecule has 0 saturated carbocycles. The molecule has 1 aliphatic heterocycles. The maximum absolute atomic E-state index is 13.7. The fraction of sp³-hybridized carbons (Fsp3) is 0.333. The summed E-state index contributed by atoms with van der Waals surface area (Å²) in [5.74, 6) is 0.902. The largest absolute Gasteiger partial charge is 0.383 e. The smallest absolute Gasteiger partial charge is 0.260 e. The predicted molar refractivity (Wildman–Crippen MR) is 122 cm³/mol. The first-order chi connectivity index (χ1) is 14.5. The van der Waals surface area contributed by atoms with Gasteiger partial charge in [0.05, 0.1) is 18.2 Å². The van der Waals surface area contributed by atoms with Gasteiger partial charge in [-0.2, -0.15) is 0 Å². The maximum atomic E-state index is 13.7. The fourth-order valence-corrected chi connectivity index (χ4v) is 4.51. The molecule has 6 heteroatoms. The number of halogens is 1. The van der Waals surface area contributed by atoms with Crippen molar-refractivity contribution in [2.75, 3.05) is 25.2 Å². The molecule has 2 aromatic heterocycles. The van der Waals surface area contributed by atoms with E-state index < -0.39 is 0 Å². The third kappa shape index (κ3) is 3.87. The molecule has 0 aliphatic carbocycles. The van der Waals surface area contributed by atoms with Gasteiger partial charge < -0.3 is 9.64 Å². The second-order valence-electron chi connectivity index (χ2n) is 7.84. The van der Waals surface area contributed by atoms with Gasteiger partial charge in [0.1, 0.15) is 11.0 Å². The first-order valence-electron chi connectivity index (χ1n) is 10.2. The molecule has 0 spiro atoms. The van der Waals surface area contributed by atoms with Crippen molar-refractivity contribution in [1.82, 2.24) is 9.55 Å². The summed E-state index contributed by atoms with van der Waals surface area (Å²) in [5, 5.41) is 0.406. The quantitative estimate of drug-likeness (QED) is 0.558. The second-order valence-corrected chi connectivity index (χ2v) is 8.22. The molecule has 3 heterocycles. The molecule has 30 heavy (non-hydrogen) atoms. The monoisotopic (exact) mass is 423 g/mol. The molecule has 4 rings (SSSR count). The normalized spacial score (nSPS) is 16.3. The van der Waals surface area contributed by atoms with Crippen molar-refractivity contribution in [2.24, 2.45) is 7.05 Å². The number of nitrogens with zero attached hydrogens (tertiary/aromatic N) is 3. The number of methoxy groups -OCH3 is 1. The average molecular weight is 424 g/mol. The molecule has 5 nitrogen and oxygen atoms in total. The molecule has 0 N–H and O–H groups in total. The van der Waals surface area contributed by atoms with Gasteiger partial charge in [0.15, 0.2) is 0 Å². The van der Waals surface area contributed by atoms with Crippen LogP contribution >= 0.6 is 11.6 Å². The van der Waals surface area contributed by atoms with Gasteiger partial charge in [0.2, 0.25) is 0 Å². The zero-order valence-electron chi connectivity index (χ0n) is 17.6. The topological polar surface area (TPSA) is 47.4 Å². The highest BCUT2D eigenvalue weighted by Crippen LogP contribution is 2.35. The molecule has 1 aliphatic rings. The van der Waals surface area contributed by atoms with Crippen molar-refractivity contribution in [1.29, 1.82) is 0 Å². The van der Waals surface area contributed by atoms with E-state index in [-0.39, 0.29) is 11.6 Å². The summed E-state index contributed by atoms with van der Waals surface area (Å²) < 4.78 is 7.19. The number of pyridine rings is 2. The molecule has 0 amide bonds. The van der Waals surface area contributed by atoms with Crippen LogP contribution in [0.1, 0.15) is 18.4 Å². The van der Waals surface area contributed by atoms with Crippen molar-refractivity contribution in [2.45, 2.75) is 25.8 Å². The average Bonchev–Trinajstić information content (AvgIpc) is 3.18. The minimum Gasteiger partial charge on any atom is -0.383 e. The first-order valence-corrected chi connectivity index (χ1v) is 10.6. The Hall–Kier alpha value is -2.63. The molecule has 1 unspecified atom stereocenters. The maximum Gasteiger partial charge on any atom is 0.260 e. The SMILES string of the molecule is COCC1CCCN1c1cc(-c2ccnc(Cl)c2)c(-c2cccc(C)c2)c(=O)n1C. The standard InChI is InChI=1S/C24H26ClN3O2/c1-16-6-4-7-18(12-16)23-20(17-9-10-26-21(25)13-17)14-22(27(2)24(23)29)28-11-5-8-19(28)15-30-3/h4,6-7,9-10,12-14,19H,5,8,11,15H2,1-3H3. The van der Waals surface area contributed by atoms with Gasteiger partial charge in [-0.3, -0.25) is 9.36 Å². The highest BCUT2D eigenvalue weighted by molar-refractivity contribution is 6.29. The summed E-state index contributed by atoms with van der Waals surface area (Å²) in [5.41, 5.74) is 4.41. The molecular weight excluding hydrogens is 398 g/mol. The molecule has 1 aromatic carbocycles. The van der Waals surface area contributed by atoms with Crippen LogP contribution < -0.4 is 10.5 Å². The number of ether oxygens (including phenoxy) is 1. The lowest BCUT2D eigenvalue weighted by Crippen LogP contribution is -2.37. The van der Waals surface area contributed by atoms with E-state index in [9.17, 15) is 4.79 Å². The highest BCUT2D eigenvalue weighted by Gasteiger charge is 2.28. The van der Waals surface area contributed by atoms with E-state index in [1.54, 1.807) is 17.9 Å². The van der Waals surface area contributed by atoms with Crippen LogP contribution in [-0.2, 0) is 11.8 Å². The Morgan fingerprint density at radius 3 is 2.77 bits per heavy atom. The number of hydrogen-bond acceptors (Lipinski definition) is 4. The van der Waals surface area contributed by atoms with Gasteiger partial charge in [0, 0.05) is 26.9 Å². The summed E-state index contributed by atoms with van der Waals surface area (Å²) in [6, 6.07) is 14.1. The minimum absolute atomic E-state index is 0.0240. The van der Waals surface area contributed by atoms with E-state index in [1.807, 2.05) is 50.4 Å². The van der Waals surface area contributed by atoms with Gasteiger partial charge >= 0.3 is 0 Å². The predicted octanol–water partition coefficient (Wildman–Crippen LogP) is 4.69. The van der Waals surface area contributed by atoms with Crippen molar-refractivity contribution in [3.8, 4) is 22.3 Å². The molecule has 1 saturated heterocycles. The third-order valence-corrected chi connectivity index (χ3v) is 5.99. The van der Waals surface area contributed by atoms with Crippen LogP contribution in [-0.4, -0.2) is 35.9 Å². The van der Waals surface area contributed by atoms with Gasteiger partial charge in [-0.1, -0.05) is 41.4 Å². The number of benzene rings is 1. The van der Waals surface area contributed by atoms with Crippen molar-refractivity contribution in [3.63, 3.8) is 0 Å². The van der Waals surface area contributed by atoms with E-state index in [0.717, 1.165) is 47.5 Å². The number of anilines is 1. The Labute approximate surface area is 181 Å². The van der Waals surface area contributed by atoms with E-state index in [0.29, 0.717) is 17.3 Å². The second kappa shape index (κ2) is 8.62. The Bertz CT molecular complexity index is 1130. The van der Waals surface area contributed by atoms with Crippen LogP contribution in [0.15, 0.2) is 53.5 Å². The van der Waals surface area contributed by atoms with Crippen LogP contribution in [0, 0.1) is 6.92 Å². The van der Waals surface area contributed by atoms with Crippen LogP contribution in [0.25, 0.3) is 22.3 Å².